The molecule has 2 heteroatoms. The minimum absolute atomic E-state index is 0.329. The van der Waals surface area contributed by atoms with Gasteiger partial charge in [-0.1, -0.05) is 31.2 Å². The molecule has 0 bridgehead atoms. The van der Waals surface area contributed by atoms with Gasteiger partial charge in [-0.25, -0.2) is 0 Å². The molecular formula is C13H19NO. The molecule has 0 saturated heterocycles. The second-order valence-electron chi connectivity index (χ2n) is 3.48. The minimum atomic E-state index is 0.329. The van der Waals surface area contributed by atoms with Gasteiger partial charge in [0, 0.05) is 0 Å². The topological polar surface area (TPSA) is 32.3 Å². The molecule has 0 fully saturated rings. The monoisotopic (exact) mass is 205 g/mol. The van der Waals surface area contributed by atoms with Crippen LogP contribution in [0.25, 0.3) is 0 Å². The fourth-order valence-electron chi connectivity index (χ4n) is 1.33. The Kier molecular flexibility index (Phi) is 5.56. The largest absolute Gasteiger partial charge is 0.508 e. The highest BCUT2D eigenvalue weighted by Crippen LogP contribution is 2.10. The molecule has 0 unspecified atom stereocenters. The van der Waals surface area contributed by atoms with Crippen LogP contribution in [0, 0.1) is 0 Å². The van der Waals surface area contributed by atoms with Crippen LogP contribution in [-0.2, 0) is 6.42 Å². The predicted molar refractivity (Wildman–Crippen MR) is 64.1 cm³/mol. The number of hydrogen-bond donors (Lipinski definition) is 2. The van der Waals surface area contributed by atoms with Gasteiger partial charge in [-0.2, -0.15) is 0 Å². The summed E-state index contributed by atoms with van der Waals surface area (Å²) in [6, 6.07) is 7.34. The summed E-state index contributed by atoms with van der Waals surface area (Å²) in [5, 5.41) is 12.4. The van der Waals surface area contributed by atoms with Gasteiger partial charge in [0.1, 0.15) is 5.75 Å². The summed E-state index contributed by atoms with van der Waals surface area (Å²) in [5.74, 6) is 0.329. The highest BCUT2D eigenvalue weighted by molar-refractivity contribution is 5.27. The molecule has 1 aromatic rings. The molecule has 0 radical (unpaired) electrons. The Morgan fingerprint density at radius 1 is 1.20 bits per heavy atom. The van der Waals surface area contributed by atoms with Crippen molar-refractivity contribution in [2.24, 2.45) is 0 Å². The Balaban J connectivity index is 2.22. The number of allylic oxidation sites excluding steroid dienone is 1. The lowest BCUT2D eigenvalue weighted by Gasteiger charge is -1.97. The van der Waals surface area contributed by atoms with E-state index < -0.39 is 0 Å². The first-order chi connectivity index (χ1) is 7.33. The number of phenols is 1. The van der Waals surface area contributed by atoms with Crippen molar-refractivity contribution >= 4 is 0 Å². The Morgan fingerprint density at radius 2 is 1.93 bits per heavy atom. The van der Waals surface area contributed by atoms with Crippen molar-refractivity contribution in [3.05, 3.63) is 42.0 Å². The van der Waals surface area contributed by atoms with E-state index in [0.717, 1.165) is 25.9 Å². The second kappa shape index (κ2) is 7.07. The average molecular weight is 205 g/mol. The number of nitrogens with one attached hydrogen (secondary N) is 1. The molecule has 0 aliphatic carbocycles. The van der Waals surface area contributed by atoms with Crippen LogP contribution in [0.2, 0.25) is 0 Å². The highest BCUT2D eigenvalue weighted by atomic mass is 16.3. The van der Waals surface area contributed by atoms with E-state index in [1.807, 2.05) is 12.1 Å². The predicted octanol–water partition coefficient (Wildman–Crippen LogP) is 2.49. The van der Waals surface area contributed by atoms with Crippen molar-refractivity contribution in [3.8, 4) is 5.75 Å². The molecular weight excluding hydrogens is 186 g/mol. The van der Waals surface area contributed by atoms with Gasteiger partial charge in [-0.15, -0.1) is 0 Å². The van der Waals surface area contributed by atoms with Gasteiger partial charge in [-0.3, -0.25) is 0 Å². The first-order valence-electron chi connectivity index (χ1n) is 5.46. The van der Waals surface area contributed by atoms with Crippen LogP contribution in [0.15, 0.2) is 36.4 Å². The smallest absolute Gasteiger partial charge is 0.115 e. The third kappa shape index (κ3) is 5.23. The summed E-state index contributed by atoms with van der Waals surface area (Å²) in [5.41, 5.74) is 1.23. The summed E-state index contributed by atoms with van der Waals surface area (Å²) in [4.78, 5) is 0. The van der Waals surface area contributed by atoms with Crippen molar-refractivity contribution < 1.29 is 5.11 Å². The average Bonchev–Trinajstić information content (AvgIpc) is 2.26. The molecule has 0 aromatic heterocycles. The molecule has 2 N–H and O–H groups in total. The van der Waals surface area contributed by atoms with Crippen LogP contribution in [0.4, 0.5) is 0 Å². The maximum absolute atomic E-state index is 9.10. The van der Waals surface area contributed by atoms with E-state index in [1.165, 1.54) is 5.56 Å². The third-order valence-electron chi connectivity index (χ3n) is 2.19. The summed E-state index contributed by atoms with van der Waals surface area (Å²) in [7, 11) is 0. The number of benzene rings is 1. The fraction of sp³-hybridized carbons (Fsp3) is 0.385. The van der Waals surface area contributed by atoms with E-state index >= 15 is 0 Å². The first kappa shape index (κ1) is 11.8. The lowest BCUT2D eigenvalue weighted by atomic mass is 10.1. The van der Waals surface area contributed by atoms with Gasteiger partial charge in [0.2, 0.25) is 0 Å². The van der Waals surface area contributed by atoms with Gasteiger partial charge >= 0.3 is 0 Å². The standard InChI is InChI=1S/C13H19NO/c1-2-14-11-5-3-4-6-12-7-9-13(15)10-8-12/h3-4,7-10,14-15H,2,5-6,11H2,1H3. The van der Waals surface area contributed by atoms with Gasteiger partial charge in [0.05, 0.1) is 0 Å². The van der Waals surface area contributed by atoms with Crippen LogP contribution in [-0.4, -0.2) is 18.2 Å². The van der Waals surface area contributed by atoms with Crippen LogP contribution >= 0.6 is 0 Å². The Bertz CT molecular complexity index is 290. The van der Waals surface area contributed by atoms with Crippen molar-refractivity contribution in [1.82, 2.24) is 5.32 Å². The first-order valence-corrected chi connectivity index (χ1v) is 5.46. The van der Waals surface area contributed by atoms with Crippen molar-refractivity contribution in [3.63, 3.8) is 0 Å². The molecule has 0 aliphatic heterocycles. The van der Waals surface area contributed by atoms with Crippen molar-refractivity contribution in [1.29, 1.82) is 0 Å². The highest BCUT2D eigenvalue weighted by Gasteiger charge is 1.89. The van der Waals surface area contributed by atoms with Crippen LogP contribution in [0.3, 0.4) is 0 Å². The molecule has 0 amide bonds. The molecule has 1 rings (SSSR count). The normalized spacial score (nSPS) is 11.0. The quantitative estimate of drug-likeness (QED) is 0.552. The zero-order valence-corrected chi connectivity index (χ0v) is 9.24. The second-order valence-corrected chi connectivity index (χ2v) is 3.48. The van der Waals surface area contributed by atoms with Gasteiger partial charge in [0.25, 0.3) is 0 Å². The molecule has 0 atom stereocenters. The fourth-order valence-corrected chi connectivity index (χ4v) is 1.33. The SMILES string of the molecule is CCNCCC=CCc1ccc(O)cc1. The van der Waals surface area contributed by atoms with Crippen LogP contribution in [0.5, 0.6) is 5.75 Å². The molecule has 2 nitrogen and oxygen atoms in total. The molecule has 15 heavy (non-hydrogen) atoms. The maximum Gasteiger partial charge on any atom is 0.115 e. The van der Waals surface area contributed by atoms with E-state index in [2.05, 4.69) is 24.4 Å². The minimum Gasteiger partial charge on any atom is -0.508 e. The van der Waals surface area contributed by atoms with E-state index in [-0.39, 0.29) is 0 Å². The van der Waals surface area contributed by atoms with E-state index in [9.17, 15) is 0 Å². The molecule has 0 spiro atoms. The Labute approximate surface area is 91.6 Å². The lowest BCUT2D eigenvalue weighted by Crippen LogP contribution is -2.12. The summed E-state index contributed by atoms with van der Waals surface area (Å²) in [6.45, 7) is 4.19. The molecule has 1 aromatic carbocycles. The molecule has 0 heterocycles. The number of rotatable bonds is 6. The van der Waals surface area contributed by atoms with E-state index in [4.69, 9.17) is 5.11 Å². The maximum atomic E-state index is 9.10. The van der Waals surface area contributed by atoms with Gasteiger partial charge < -0.3 is 10.4 Å². The molecule has 0 saturated carbocycles. The molecule has 0 aliphatic rings. The molecule has 82 valence electrons. The summed E-state index contributed by atoms with van der Waals surface area (Å²) in [6.07, 6.45) is 6.37. The summed E-state index contributed by atoms with van der Waals surface area (Å²) < 4.78 is 0. The zero-order valence-electron chi connectivity index (χ0n) is 9.24. The number of phenolic OH excluding ortho intramolecular Hbond substituents is 1. The van der Waals surface area contributed by atoms with Gasteiger partial charge in [0.15, 0.2) is 0 Å². The van der Waals surface area contributed by atoms with E-state index in [1.54, 1.807) is 12.1 Å². The lowest BCUT2D eigenvalue weighted by molar-refractivity contribution is 0.475. The van der Waals surface area contributed by atoms with E-state index in [0.29, 0.717) is 5.75 Å². The van der Waals surface area contributed by atoms with Crippen LogP contribution < -0.4 is 5.32 Å². The van der Waals surface area contributed by atoms with Crippen LogP contribution in [0.1, 0.15) is 18.9 Å². The zero-order chi connectivity index (χ0) is 10.9. The van der Waals surface area contributed by atoms with Gasteiger partial charge in [-0.05, 0) is 43.6 Å². The number of aromatic hydroxyl groups is 1. The third-order valence-corrected chi connectivity index (χ3v) is 2.19. The Hall–Kier alpha value is -1.28. The summed E-state index contributed by atoms with van der Waals surface area (Å²) >= 11 is 0. The Morgan fingerprint density at radius 3 is 2.60 bits per heavy atom. The number of hydrogen-bond acceptors (Lipinski definition) is 2. The van der Waals surface area contributed by atoms with Crippen molar-refractivity contribution in [2.45, 2.75) is 19.8 Å². The van der Waals surface area contributed by atoms with Crippen molar-refractivity contribution in [2.75, 3.05) is 13.1 Å².